The highest BCUT2D eigenvalue weighted by atomic mass is 15.3. The van der Waals surface area contributed by atoms with Crippen LogP contribution < -0.4 is 5.32 Å². The average Bonchev–Trinajstić information content (AvgIpc) is 2.77. The molecule has 2 aromatic heterocycles. The predicted molar refractivity (Wildman–Crippen MR) is 60.5 cm³/mol. The quantitative estimate of drug-likeness (QED) is 0.703. The van der Waals surface area contributed by atoms with Crippen LogP contribution in [0.5, 0.6) is 0 Å². The largest absolute Gasteiger partial charge is 0.340 e. The van der Waals surface area contributed by atoms with Gasteiger partial charge in [-0.25, -0.2) is 4.52 Å². The maximum Gasteiger partial charge on any atom is 0.254 e. The molecule has 1 N–H and O–H groups in total. The fourth-order valence-electron chi connectivity index (χ4n) is 1.45. The number of nitrogens with one attached hydrogen (secondary N) is 1. The minimum atomic E-state index is 0.584. The number of rotatable bonds is 2. The summed E-state index contributed by atoms with van der Waals surface area (Å²) in [6.07, 6.45) is 3.30. The van der Waals surface area contributed by atoms with Gasteiger partial charge >= 0.3 is 0 Å². The number of hydrogen-bond donors (Lipinski definition) is 1. The highest BCUT2D eigenvalue weighted by Crippen LogP contribution is 2.13. The minimum Gasteiger partial charge on any atom is -0.340 e. The monoisotopic (exact) mass is 211 g/mol. The van der Waals surface area contributed by atoms with Gasteiger partial charge in [0.2, 0.25) is 0 Å². The Hall–Kier alpha value is -2.43. The van der Waals surface area contributed by atoms with Crippen LogP contribution >= 0.6 is 0 Å². The molecule has 0 aliphatic heterocycles. The summed E-state index contributed by atoms with van der Waals surface area (Å²) >= 11 is 0. The van der Waals surface area contributed by atoms with Gasteiger partial charge in [-0.3, -0.25) is 0 Å². The van der Waals surface area contributed by atoms with Gasteiger partial charge in [0.25, 0.3) is 5.78 Å². The van der Waals surface area contributed by atoms with Gasteiger partial charge in [0, 0.05) is 11.9 Å². The number of hydrogen-bond acceptors (Lipinski definition) is 4. The summed E-state index contributed by atoms with van der Waals surface area (Å²) in [5.41, 5.74) is 0.999. The highest BCUT2D eigenvalue weighted by Gasteiger charge is 1.99. The molecule has 78 valence electrons. The molecule has 0 aliphatic rings. The average molecular weight is 211 g/mol. The molecule has 5 heteroatoms. The van der Waals surface area contributed by atoms with Gasteiger partial charge in [0.05, 0.1) is 0 Å². The van der Waals surface area contributed by atoms with Gasteiger partial charge in [-0.15, -0.1) is 0 Å². The molecule has 0 radical (unpaired) electrons. The molecule has 5 nitrogen and oxygen atoms in total. The van der Waals surface area contributed by atoms with Gasteiger partial charge in [0.1, 0.15) is 12.1 Å². The molecule has 0 saturated carbocycles. The van der Waals surface area contributed by atoms with Crippen molar-refractivity contribution in [2.45, 2.75) is 0 Å². The minimum absolute atomic E-state index is 0.584. The zero-order chi connectivity index (χ0) is 10.8. The number of benzene rings is 1. The van der Waals surface area contributed by atoms with Crippen LogP contribution in [-0.2, 0) is 0 Å². The molecule has 1 aromatic carbocycles. The zero-order valence-electron chi connectivity index (χ0n) is 8.41. The Bertz CT molecular complexity index is 602. The number of fused-ring (bicyclic) bond motifs is 1. The van der Waals surface area contributed by atoms with E-state index < -0.39 is 0 Å². The molecule has 3 rings (SSSR count). The fraction of sp³-hybridized carbons (Fsp3) is 0. The van der Waals surface area contributed by atoms with Crippen LogP contribution in [0, 0.1) is 0 Å². The summed E-state index contributed by atoms with van der Waals surface area (Å²) in [7, 11) is 0. The second kappa shape index (κ2) is 3.62. The Labute approximate surface area is 91.8 Å². The third-order valence-corrected chi connectivity index (χ3v) is 2.19. The lowest BCUT2D eigenvalue weighted by molar-refractivity contribution is 0.940. The molecule has 3 aromatic rings. The van der Waals surface area contributed by atoms with Crippen molar-refractivity contribution < 1.29 is 0 Å². The van der Waals surface area contributed by atoms with Gasteiger partial charge in [-0.05, 0) is 18.2 Å². The standard InChI is InChI=1S/C11H9N5/c1-2-4-9(5-3-1)14-10-6-7-16-11(15-10)12-8-13-16/h1-8H,(H,12,13,14,15). The first-order valence-corrected chi connectivity index (χ1v) is 4.90. The summed E-state index contributed by atoms with van der Waals surface area (Å²) in [6, 6.07) is 11.7. The summed E-state index contributed by atoms with van der Waals surface area (Å²) in [5.74, 6) is 1.34. The summed E-state index contributed by atoms with van der Waals surface area (Å²) in [4.78, 5) is 8.33. The molecule has 0 fully saturated rings. The topological polar surface area (TPSA) is 55.1 Å². The Balaban J connectivity index is 1.94. The zero-order valence-corrected chi connectivity index (χ0v) is 8.41. The normalized spacial score (nSPS) is 10.5. The van der Waals surface area contributed by atoms with E-state index in [1.165, 1.54) is 6.33 Å². The molecule has 0 bridgehead atoms. The van der Waals surface area contributed by atoms with E-state index in [0.717, 1.165) is 11.5 Å². The molecule has 0 saturated heterocycles. The molecule has 16 heavy (non-hydrogen) atoms. The van der Waals surface area contributed by atoms with Crippen LogP contribution in [0.1, 0.15) is 0 Å². The van der Waals surface area contributed by atoms with Crippen molar-refractivity contribution in [3.8, 4) is 0 Å². The third kappa shape index (κ3) is 1.58. The third-order valence-electron chi connectivity index (χ3n) is 2.19. The lowest BCUT2D eigenvalue weighted by Gasteiger charge is -2.04. The second-order valence-electron chi connectivity index (χ2n) is 3.31. The molecule has 0 spiro atoms. The molecule has 0 atom stereocenters. The first-order chi connectivity index (χ1) is 7.92. The molecule has 0 amide bonds. The maximum atomic E-state index is 4.31. The van der Waals surface area contributed by atoms with Crippen LogP contribution in [0.15, 0.2) is 48.9 Å². The van der Waals surface area contributed by atoms with Crippen LogP contribution in [0.4, 0.5) is 11.5 Å². The Morgan fingerprint density at radius 2 is 1.94 bits per heavy atom. The van der Waals surface area contributed by atoms with E-state index in [0.29, 0.717) is 5.78 Å². The Kier molecular flexibility index (Phi) is 2.00. The maximum absolute atomic E-state index is 4.31. The Morgan fingerprint density at radius 3 is 2.81 bits per heavy atom. The number of nitrogens with zero attached hydrogens (tertiary/aromatic N) is 4. The van der Waals surface area contributed by atoms with E-state index in [1.54, 1.807) is 4.52 Å². The van der Waals surface area contributed by atoms with Crippen molar-refractivity contribution >= 4 is 17.3 Å². The first-order valence-electron chi connectivity index (χ1n) is 4.90. The van der Waals surface area contributed by atoms with E-state index in [1.807, 2.05) is 42.6 Å². The van der Waals surface area contributed by atoms with Gasteiger partial charge in [-0.2, -0.15) is 15.1 Å². The smallest absolute Gasteiger partial charge is 0.254 e. The number of anilines is 2. The second-order valence-corrected chi connectivity index (χ2v) is 3.31. The van der Waals surface area contributed by atoms with E-state index >= 15 is 0 Å². The van der Waals surface area contributed by atoms with Crippen LogP contribution in [-0.4, -0.2) is 19.6 Å². The molecular formula is C11H9N5. The van der Waals surface area contributed by atoms with Crippen molar-refractivity contribution in [3.63, 3.8) is 0 Å². The van der Waals surface area contributed by atoms with Gasteiger partial charge < -0.3 is 5.32 Å². The van der Waals surface area contributed by atoms with Crippen LogP contribution in [0.2, 0.25) is 0 Å². The fourth-order valence-corrected chi connectivity index (χ4v) is 1.45. The van der Waals surface area contributed by atoms with Crippen molar-refractivity contribution in [2.75, 3.05) is 5.32 Å². The van der Waals surface area contributed by atoms with Gasteiger partial charge in [-0.1, -0.05) is 18.2 Å². The number of aromatic nitrogens is 4. The lowest BCUT2D eigenvalue weighted by Crippen LogP contribution is -1.96. The Morgan fingerprint density at radius 1 is 1.06 bits per heavy atom. The van der Waals surface area contributed by atoms with E-state index in [-0.39, 0.29) is 0 Å². The van der Waals surface area contributed by atoms with E-state index in [9.17, 15) is 0 Å². The first kappa shape index (κ1) is 8.84. The van der Waals surface area contributed by atoms with E-state index in [4.69, 9.17) is 0 Å². The molecule has 0 unspecified atom stereocenters. The molecule has 0 aliphatic carbocycles. The molecule has 2 heterocycles. The summed E-state index contributed by atoms with van der Waals surface area (Å²) < 4.78 is 1.62. The molecular weight excluding hydrogens is 202 g/mol. The highest BCUT2D eigenvalue weighted by molar-refractivity contribution is 5.56. The SMILES string of the molecule is c1ccc(Nc2ccn3ncnc3n2)cc1. The van der Waals surface area contributed by atoms with Crippen molar-refractivity contribution in [2.24, 2.45) is 0 Å². The predicted octanol–water partition coefficient (Wildman–Crippen LogP) is 1.87. The van der Waals surface area contributed by atoms with E-state index in [2.05, 4.69) is 20.4 Å². The van der Waals surface area contributed by atoms with Crippen LogP contribution in [0.3, 0.4) is 0 Å². The van der Waals surface area contributed by atoms with Crippen molar-refractivity contribution in [1.29, 1.82) is 0 Å². The van der Waals surface area contributed by atoms with Crippen molar-refractivity contribution in [3.05, 3.63) is 48.9 Å². The van der Waals surface area contributed by atoms with Crippen molar-refractivity contribution in [1.82, 2.24) is 19.6 Å². The lowest BCUT2D eigenvalue weighted by atomic mass is 10.3. The summed E-state index contributed by atoms with van der Waals surface area (Å²) in [6.45, 7) is 0. The van der Waals surface area contributed by atoms with Gasteiger partial charge in [0.15, 0.2) is 0 Å². The number of para-hydroxylation sites is 1. The summed E-state index contributed by atoms with van der Waals surface area (Å²) in [5, 5.41) is 7.18. The van der Waals surface area contributed by atoms with Crippen LogP contribution in [0.25, 0.3) is 5.78 Å².